The van der Waals surface area contributed by atoms with E-state index in [0.29, 0.717) is 10.7 Å². The van der Waals surface area contributed by atoms with E-state index in [1.807, 2.05) is 18.2 Å². The third kappa shape index (κ3) is 4.25. The number of hydrogen-bond donors (Lipinski definition) is 2. The van der Waals surface area contributed by atoms with Crippen LogP contribution in [0.25, 0.3) is 21.3 Å². The zero-order valence-corrected chi connectivity index (χ0v) is 18.0. The SMILES string of the molecule is CC(=O)Nc1nc2ccc(-c3cnc(Cl)c(NS(=O)(=O)c4ccsc4)c3)cc2s1. The van der Waals surface area contributed by atoms with Gasteiger partial charge in [-0.2, -0.15) is 11.3 Å². The van der Waals surface area contributed by atoms with E-state index in [-0.39, 0.29) is 21.6 Å². The molecular weight excluding hydrogens is 452 g/mol. The summed E-state index contributed by atoms with van der Waals surface area (Å²) < 4.78 is 28.4. The molecule has 1 amide bonds. The number of amides is 1. The molecule has 0 spiro atoms. The summed E-state index contributed by atoms with van der Waals surface area (Å²) in [5.74, 6) is -0.186. The highest BCUT2D eigenvalue weighted by Crippen LogP contribution is 2.33. The van der Waals surface area contributed by atoms with Crippen molar-refractivity contribution in [3.05, 3.63) is 52.4 Å². The number of pyridine rings is 1. The first-order valence-electron chi connectivity index (χ1n) is 8.21. The lowest BCUT2D eigenvalue weighted by Gasteiger charge is -2.10. The molecule has 3 heterocycles. The molecule has 4 aromatic rings. The van der Waals surface area contributed by atoms with Crippen molar-refractivity contribution in [3.8, 4) is 11.1 Å². The topological polar surface area (TPSA) is 101 Å². The van der Waals surface area contributed by atoms with Crippen LogP contribution in [0.15, 0.2) is 52.2 Å². The first-order valence-corrected chi connectivity index (χ1v) is 11.8. The molecule has 2 N–H and O–H groups in total. The van der Waals surface area contributed by atoms with E-state index in [1.165, 1.54) is 41.0 Å². The first kappa shape index (κ1) is 19.8. The lowest BCUT2D eigenvalue weighted by atomic mass is 10.1. The minimum Gasteiger partial charge on any atom is -0.302 e. The standard InChI is InChI=1S/C18H13ClN4O3S3/c1-10(24)21-18-22-14-3-2-11(7-16(14)28-18)12-6-15(17(19)20-8-12)23-29(25,26)13-4-5-27-9-13/h2-9,23H,1H3,(H,21,22,24). The number of carbonyl (C=O) groups is 1. The van der Waals surface area contributed by atoms with Gasteiger partial charge in [0.25, 0.3) is 10.0 Å². The highest BCUT2D eigenvalue weighted by atomic mass is 35.5. The molecule has 0 aliphatic carbocycles. The third-order valence-electron chi connectivity index (χ3n) is 3.89. The number of fused-ring (bicyclic) bond motifs is 1. The van der Waals surface area contributed by atoms with Crippen LogP contribution in [0.4, 0.5) is 10.8 Å². The van der Waals surface area contributed by atoms with Crippen LogP contribution in [0.1, 0.15) is 6.92 Å². The van der Waals surface area contributed by atoms with E-state index in [4.69, 9.17) is 11.6 Å². The van der Waals surface area contributed by atoms with Crippen LogP contribution in [0.2, 0.25) is 5.15 Å². The van der Waals surface area contributed by atoms with Crippen molar-refractivity contribution in [1.82, 2.24) is 9.97 Å². The van der Waals surface area contributed by atoms with E-state index in [2.05, 4.69) is 20.0 Å². The van der Waals surface area contributed by atoms with Crippen LogP contribution < -0.4 is 10.0 Å². The van der Waals surface area contributed by atoms with Gasteiger partial charge in [-0.05, 0) is 35.2 Å². The molecule has 1 aromatic carbocycles. The highest BCUT2D eigenvalue weighted by Gasteiger charge is 2.17. The molecule has 0 unspecified atom stereocenters. The van der Waals surface area contributed by atoms with Gasteiger partial charge in [0.05, 0.1) is 20.8 Å². The summed E-state index contributed by atoms with van der Waals surface area (Å²) in [5, 5.41) is 6.47. The number of sulfonamides is 1. The maximum atomic E-state index is 12.5. The summed E-state index contributed by atoms with van der Waals surface area (Å²) in [6.07, 6.45) is 1.57. The van der Waals surface area contributed by atoms with Gasteiger partial charge < -0.3 is 5.32 Å². The maximum Gasteiger partial charge on any atom is 0.262 e. The number of anilines is 2. The van der Waals surface area contributed by atoms with Crippen LogP contribution >= 0.6 is 34.3 Å². The van der Waals surface area contributed by atoms with Crippen LogP contribution in [-0.2, 0) is 14.8 Å². The van der Waals surface area contributed by atoms with Crippen molar-refractivity contribution in [2.24, 2.45) is 0 Å². The second-order valence-electron chi connectivity index (χ2n) is 6.01. The predicted molar refractivity (Wildman–Crippen MR) is 117 cm³/mol. The summed E-state index contributed by atoms with van der Waals surface area (Å²) in [6, 6.07) is 8.73. The maximum absolute atomic E-state index is 12.5. The minimum absolute atomic E-state index is 0.0550. The molecule has 0 atom stereocenters. The zero-order valence-electron chi connectivity index (χ0n) is 14.8. The molecule has 0 radical (unpaired) electrons. The van der Waals surface area contributed by atoms with Crippen molar-refractivity contribution in [1.29, 1.82) is 0 Å². The van der Waals surface area contributed by atoms with Gasteiger partial charge in [-0.1, -0.05) is 29.0 Å². The van der Waals surface area contributed by atoms with Gasteiger partial charge >= 0.3 is 0 Å². The van der Waals surface area contributed by atoms with Crippen LogP contribution in [0.5, 0.6) is 0 Å². The van der Waals surface area contributed by atoms with E-state index < -0.39 is 10.0 Å². The molecule has 7 nitrogen and oxygen atoms in total. The second kappa shape index (κ2) is 7.71. The fourth-order valence-electron chi connectivity index (χ4n) is 2.59. The summed E-state index contributed by atoms with van der Waals surface area (Å²) in [5.41, 5.74) is 2.45. The highest BCUT2D eigenvalue weighted by molar-refractivity contribution is 7.92. The van der Waals surface area contributed by atoms with Crippen molar-refractivity contribution in [2.45, 2.75) is 11.8 Å². The molecule has 29 heavy (non-hydrogen) atoms. The predicted octanol–water partition coefficient (Wildman–Crippen LogP) is 4.83. The van der Waals surface area contributed by atoms with Crippen molar-refractivity contribution in [2.75, 3.05) is 10.0 Å². The lowest BCUT2D eigenvalue weighted by molar-refractivity contribution is -0.114. The van der Waals surface area contributed by atoms with Gasteiger partial charge in [0, 0.05) is 24.1 Å². The molecule has 11 heteroatoms. The zero-order chi connectivity index (χ0) is 20.6. The van der Waals surface area contributed by atoms with Crippen LogP contribution in [0, 0.1) is 0 Å². The van der Waals surface area contributed by atoms with Crippen LogP contribution in [0.3, 0.4) is 0 Å². The largest absolute Gasteiger partial charge is 0.302 e. The Morgan fingerprint density at radius 1 is 1.17 bits per heavy atom. The van der Waals surface area contributed by atoms with Crippen molar-refractivity contribution in [3.63, 3.8) is 0 Å². The molecule has 0 bridgehead atoms. The number of hydrogen-bond acceptors (Lipinski definition) is 7. The molecule has 0 saturated carbocycles. The Hall–Kier alpha value is -2.53. The fraction of sp³-hybridized carbons (Fsp3) is 0.0556. The van der Waals surface area contributed by atoms with E-state index in [1.54, 1.807) is 17.6 Å². The first-order chi connectivity index (χ1) is 13.8. The lowest BCUT2D eigenvalue weighted by Crippen LogP contribution is -2.12. The Morgan fingerprint density at radius 3 is 2.72 bits per heavy atom. The van der Waals surface area contributed by atoms with Crippen LogP contribution in [-0.4, -0.2) is 24.3 Å². The van der Waals surface area contributed by atoms with Crippen molar-refractivity contribution >= 4 is 71.2 Å². The Bertz CT molecular complexity index is 1320. The minimum atomic E-state index is -3.75. The number of thiazole rings is 1. The normalized spacial score (nSPS) is 11.5. The number of halogens is 1. The number of rotatable bonds is 5. The molecule has 0 saturated heterocycles. The average molecular weight is 465 g/mol. The number of aromatic nitrogens is 2. The second-order valence-corrected chi connectivity index (χ2v) is 9.86. The Kier molecular flexibility index (Phi) is 5.26. The molecule has 3 aromatic heterocycles. The van der Waals surface area contributed by atoms with E-state index in [9.17, 15) is 13.2 Å². The Balaban J connectivity index is 1.69. The third-order valence-corrected chi connectivity index (χ3v) is 7.32. The number of nitrogens with zero attached hydrogens (tertiary/aromatic N) is 2. The van der Waals surface area contributed by atoms with Crippen molar-refractivity contribution < 1.29 is 13.2 Å². The molecule has 4 rings (SSSR count). The van der Waals surface area contributed by atoms with Gasteiger partial charge in [-0.25, -0.2) is 18.4 Å². The summed E-state index contributed by atoms with van der Waals surface area (Å²) in [7, 11) is -3.75. The monoisotopic (exact) mass is 464 g/mol. The van der Waals surface area contributed by atoms with Gasteiger partial charge in [-0.3, -0.25) is 9.52 Å². The Labute approximate surface area is 179 Å². The number of carbonyl (C=O) groups excluding carboxylic acids is 1. The molecule has 0 aliphatic rings. The number of nitrogens with one attached hydrogen (secondary N) is 2. The van der Waals surface area contributed by atoms with Gasteiger partial charge in [0.1, 0.15) is 0 Å². The van der Waals surface area contributed by atoms with E-state index >= 15 is 0 Å². The summed E-state index contributed by atoms with van der Waals surface area (Å²) in [4.78, 5) is 19.9. The molecule has 0 aliphatic heterocycles. The quantitative estimate of drug-likeness (QED) is 0.412. The Morgan fingerprint density at radius 2 is 2.00 bits per heavy atom. The number of thiophene rings is 1. The molecule has 148 valence electrons. The number of benzene rings is 1. The summed E-state index contributed by atoms with van der Waals surface area (Å²) in [6.45, 7) is 1.43. The fourth-order valence-corrected chi connectivity index (χ4v) is 5.84. The average Bonchev–Trinajstić information content (AvgIpc) is 3.31. The molecule has 0 fully saturated rings. The smallest absolute Gasteiger partial charge is 0.262 e. The van der Waals surface area contributed by atoms with Gasteiger partial charge in [-0.15, -0.1) is 0 Å². The van der Waals surface area contributed by atoms with Gasteiger partial charge in [0.15, 0.2) is 10.3 Å². The summed E-state index contributed by atoms with van der Waals surface area (Å²) >= 11 is 8.75. The molecular formula is C18H13ClN4O3S3. The van der Waals surface area contributed by atoms with Gasteiger partial charge in [0.2, 0.25) is 5.91 Å². The van der Waals surface area contributed by atoms with E-state index in [0.717, 1.165) is 15.8 Å².